The lowest BCUT2D eigenvalue weighted by Crippen LogP contribution is -1.94. The molecule has 0 unspecified atom stereocenters. The lowest BCUT2D eigenvalue weighted by molar-refractivity contribution is 0.410. The molecule has 0 atom stereocenters. The molecule has 0 N–H and O–H groups in total. The van der Waals surface area contributed by atoms with E-state index >= 15 is 0 Å². The van der Waals surface area contributed by atoms with Gasteiger partial charge in [0.05, 0.1) is 7.11 Å². The molecule has 1 aromatic rings. The van der Waals surface area contributed by atoms with Gasteiger partial charge < -0.3 is 4.74 Å². The van der Waals surface area contributed by atoms with E-state index in [-0.39, 0.29) is 0 Å². The Kier molecular flexibility index (Phi) is 5.06. The van der Waals surface area contributed by atoms with Crippen LogP contribution in [0.2, 0.25) is 5.02 Å². The minimum Gasteiger partial charge on any atom is -0.496 e. The minimum absolute atomic E-state index is 0.682. The highest BCUT2D eigenvalue weighted by Crippen LogP contribution is 2.25. The summed E-state index contributed by atoms with van der Waals surface area (Å²) in [6.07, 6.45) is 4.53. The first-order chi connectivity index (χ1) is 7.71. The van der Waals surface area contributed by atoms with E-state index in [9.17, 15) is 0 Å². The van der Waals surface area contributed by atoms with Crippen molar-refractivity contribution in [3.8, 4) is 5.75 Å². The van der Waals surface area contributed by atoms with Crippen molar-refractivity contribution in [3.63, 3.8) is 0 Å². The maximum atomic E-state index is 5.90. The van der Waals surface area contributed by atoms with Crippen LogP contribution in [0.15, 0.2) is 35.0 Å². The first-order valence-corrected chi connectivity index (χ1v) is 5.55. The van der Waals surface area contributed by atoms with Crippen LogP contribution >= 0.6 is 11.6 Å². The highest BCUT2D eigenvalue weighted by atomic mass is 35.5. The number of ether oxygens (including phenoxy) is 1. The number of halogens is 1. The number of nitrogens with zero attached hydrogens (tertiary/aromatic N) is 1. The number of rotatable bonds is 4. The third-order valence-electron chi connectivity index (χ3n) is 2.25. The molecule has 86 valence electrons. The van der Waals surface area contributed by atoms with Gasteiger partial charge in [-0.05, 0) is 26.0 Å². The average Bonchev–Trinajstić information content (AvgIpc) is 2.30. The molecule has 16 heavy (non-hydrogen) atoms. The van der Waals surface area contributed by atoms with Gasteiger partial charge in [-0.2, -0.15) is 0 Å². The molecule has 0 saturated heterocycles. The van der Waals surface area contributed by atoms with Crippen LogP contribution in [0.4, 0.5) is 0 Å². The minimum atomic E-state index is 0.682. The van der Waals surface area contributed by atoms with E-state index in [4.69, 9.17) is 16.3 Å². The Morgan fingerprint density at radius 1 is 1.44 bits per heavy atom. The Labute approximate surface area is 102 Å². The molecular formula is C13H16ClNO. The smallest absolute Gasteiger partial charge is 0.123 e. The van der Waals surface area contributed by atoms with Crippen LogP contribution in [-0.2, 0) is 6.42 Å². The van der Waals surface area contributed by atoms with Crippen molar-refractivity contribution in [2.45, 2.75) is 20.3 Å². The summed E-state index contributed by atoms with van der Waals surface area (Å²) < 4.78 is 5.29. The number of aliphatic imine (C=N–C) groups is 1. The Hall–Kier alpha value is -1.28. The second-order valence-corrected chi connectivity index (χ2v) is 3.74. The molecule has 0 radical (unpaired) electrons. The van der Waals surface area contributed by atoms with Gasteiger partial charge in [0.2, 0.25) is 0 Å². The summed E-state index contributed by atoms with van der Waals surface area (Å²) in [5.41, 5.74) is 2.11. The van der Waals surface area contributed by atoms with Crippen LogP contribution in [0.25, 0.3) is 0 Å². The summed E-state index contributed by atoms with van der Waals surface area (Å²) in [4.78, 5) is 4.28. The van der Waals surface area contributed by atoms with Crippen molar-refractivity contribution in [3.05, 3.63) is 40.6 Å². The first kappa shape index (κ1) is 12.8. The van der Waals surface area contributed by atoms with Gasteiger partial charge in [-0.15, -0.1) is 0 Å². The van der Waals surface area contributed by atoms with Crippen LogP contribution in [0.3, 0.4) is 0 Å². The quantitative estimate of drug-likeness (QED) is 0.729. The number of allylic oxidation sites excluding steroid dienone is 2. The molecule has 0 spiro atoms. The van der Waals surface area contributed by atoms with E-state index in [0.717, 1.165) is 23.4 Å². The van der Waals surface area contributed by atoms with Crippen LogP contribution in [-0.4, -0.2) is 13.3 Å². The Bertz CT molecular complexity index is 410. The van der Waals surface area contributed by atoms with Gasteiger partial charge in [-0.1, -0.05) is 23.7 Å². The van der Waals surface area contributed by atoms with Crippen LogP contribution in [0.5, 0.6) is 5.75 Å². The number of methoxy groups -OCH3 is 1. The molecular weight excluding hydrogens is 222 g/mol. The fraction of sp³-hybridized carbons (Fsp3) is 0.308. The van der Waals surface area contributed by atoms with Crippen LogP contribution in [0.1, 0.15) is 19.4 Å². The molecule has 0 amide bonds. The molecule has 0 aliphatic heterocycles. The molecule has 2 nitrogen and oxygen atoms in total. The molecule has 3 heteroatoms. The fourth-order valence-corrected chi connectivity index (χ4v) is 1.61. The van der Waals surface area contributed by atoms with Crippen molar-refractivity contribution in [2.24, 2.45) is 4.99 Å². The molecule has 0 heterocycles. The van der Waals surface area contributed by atoms with Crippen molar-refractivity contribution in [2.75, 3.05) is 7.11 Å². The van der Waals surface area contributed by atoms with Gasteiger partial charge in [0.15, 0.2) is 0 Å². The zero-order chi connectivity index (χ0) is 12.0. The van der Waals surface area contributed by atoms with E-state index in [0.29, 0.717) is 5.02 Å². The zero-order valence-electron chi connectivity index (χ0n) is 9.83. The molecule has 0 aliphatic rings. The summed E-state index contributed by atoms with van der Waals surface area (Å²) in [6, 6.07) is 5.65. The molecule has 0 aliphatic carbocycles. The Balaban J connectivity index is 2.96. The predicted molar refractivity (Wildman–Crippen MR) is 69.6 cm³/mol. The number of hydrogen-bond donors (Lipinski definition) is 0. The maximum Gasteiger partial charge on any atom is 0.123 e. The lowest BCUT2D eigenvalue weighted by Gasteiger charge is -2.08. The van der Waals surface area contributed by atoms with E-state index in [1.54, 1.807) is 13.3 Å². The summed E-state index contributed by atoms with van der Waals surface area (Å²) in [7, 11) is 1.65. The molecule has 0 aromatic heterocycles. The predicted octanol–water partition coefficient (Wildman–Crippen LogP) is 3.89. The van der Waals surface area contributed by atoms with Gasteiger partial charge in [0.25, 0.3) is 0 Å². The van der Waals surface area contributed by atoms with E-state index in [1.165, 1.54) is 0 Å². The molecule has 0 saturated carbocycles. The van der Waals surface area contributed by atoms with E-state index < -0.39 is 0 Å². The largest absolute Gasteiger partial charge is 0.496 e. The maximum absolute atomic E-state index is 5.90. The number of benzene rings is 1. The third-order valence-corrected chi connectivity index (χ3v) is 2.48. The standard InChI is InChI=1S/C13H16ClNO/c1-4-12(15-5-2)8-10-6-7-11(14)9-13(10)16-3/h4-7,9H,8H2,1-3H3/b12-4-,15-5?. The lowest BCUT2D eigenvalue weighted by atomic mass is 10.1. The zero-order valence-corrected chi connectivity index (χ0v) is 10.6. The molecule has 0 fully saturated rings. The van der Waals surface area contributed by atoms with Crippen LogP contribution in [0, 0.1) is 0 Å². The second kappa shape index (κ2) is 6.33. The van der Waals surface area contributed by atoms with Crippen molar-refractivity contribution in [1.82, 2.24) is 0 Å². The fourth-order valence-electron chi connectivity index (χ4n) is 1.45. The molecule has 1 rings (SSSR count). The van der Waals surface area contributed by atoms with Crippen molar-refractivity contribution >= 4 is 17.8 Å². The molecule has 0 bridgehead atoms. The van der Waals surface area contributed by atoms with E-state index in [2.05, 4.69) is 4.99 Å². The van der Waals surface area contributed by atoms with Gasteiger partial charge >= 0.3 is 0 Å². The van der Waals surface area contributed by atoms with Gasteiger partial charge in [0.1, 0.15) is 5.75 Å². The summed E-state index contributed by atoms with van der Waals surface area (Å²) >= 11 is 5.90. The van der Waals surface area contributed by atoms with Crippen LogP contribution < -0.4 is 4.74 Å². The van der Waals surface area contributed by atoms with Crippen molar-refractivity contribution in [1.29, 1.82) is 0 Å². The monoisotopic (exact) mass is 237 g/mol. The second-order valence-electron chi connectivity index (χ2n) is 3.30. The van der Waals surface area contributed by atoms with Gasteiger partial charge in [-0.25, -0.2) is 0 Å². The van der Waals surface area contributed by atoms with Gasteiger partial charge in [0, 0.05) is 28.9 Å². The summed E-state index contributed by atoms with van der Waals surface area (Å²) in [5.74, 6) is 0.804. The highest BCUT2D eigenvalue weighted by molar-refractivity contribution is 6.30. The Morgan fingerprint density at radius 2 is 2.19 bits per heavy atom. The Morgan fingerprint density at radius 3 is 2.75 bits per heavy atom. The third kappa shape index (κ3) is 3.38. The normalized spacial score (nSPS) is 12.1. The topological polar surface area (TPSA) is 21.6 Å². The average molecular weight is 238 g/mol. The first-order valence-electron chi connectivity index (χ1n) is 5.17. The highest BCUT2D eigenvalue weighted by Gasteiger charge is 2.05. The number of hydrogen-bond acceptors (Lipinski definition) is 2. The summed E-state index contributed by atoms with van der Waals surface area (Å²) in [6.45, 7) is 3.88. The molecule has 1 aromatic carbocycles. The van der Waals surface area contributed by atoms with E-state index in [1.807, 2.05) is 38.1 Å². The SMILES string of the molecule is CC=N/C(=C\C)Cc1ccc(Cl)cc1OC. The van der Waals surface area contributed by atoms with Gasteiger partial charge in [-0.3, -0.25) is 4.99 Å². The van der Waals surface area contributed by atoms with Crippen molar-refractivity contribution < 1.29 is 4.74 Å². The summed E-state index contributed by atoms with van der Waals surface area (Å²) in [5, 5.41) is 0.682.